The van der Waals surface area contributed by atoms with Crippen LogP contribution >= 0.6 is 0 Å². The molecular formula is C13H15NO2. The summed E-state index contributed by atoms with van der Waals surface area (Å²) < 4.78 is 0. The summed E-state index contributed by atoms with van der Waals surface area (Å²) in [5, 5.41) is 8.90. The molecular weight excluding hydrogens is 202 g/mol. The first kappa shape index (κ1) is 10.9. The Labute approximate surface area is 95.0 Å². The Morgan fingerprint density at radius 1 is 1.44 bits per heavy atom. The molecule has 1 aliphatic rings. The van der Waals surface area contributed by atoms with E-state index in [1.807, 2.05) is 20.2 Å². The topological polar surface area (TPSA) is 40.5 Å². The fourth-order valence-corrected chi connectivity index (χ4v) is 2.04. The molecule has 0 heterocycles. The molecule has 0 unspecified atom stereocenters. The van der Waals surface area contributed by atoms with E-state index in [1.54, 1.807) is 12.1 Å². The summed E-state index contributed by atoms with van der Waals surface area (Å²) in [7, 11) is 4.06. The monoisotopic (exact) mass is 217 g/mol. The summed E-state index contributed by atoms with van der Waals surface area (Å²) in [6, 6.07) is 5.37. The van der Waals surface area contributed by atoms with Gasteiger partial charge in [0.25, 0.3) is 0 Å². The second-order valence-corrected chi connectivity index (χ2v) is 4.35. The molecule has 0 fully saturated rings. The van der Waals surface area contributed by atoms with Crippen molar-refractivity contribution < 1.29 is 9.90 Å². The minimum atomic E-state index is -0.858. The zero-order valence-electron chi connectivity index (χ0n) is 9.53. The lowest BCUT2D eigenvalue weighted by Gasteiger charge is -2.12. The van der Waals surface area contributed by atoms with Crippen LogP contribution in [0.5, 0.6) is 0 Å². The van der Waals surface area contributed by atoms with Gasteiger partial charge in [-0.3, -0.25) is 0 Å². The second-order valence-electron chi connectivity index (χ2n) is 4.35. The van der Waals surface area contributed by atoms with Crippen molar-refractivity contribution in [3.05, 3.63) is 41.0 Å². The molecule has 84 valence electrons. The number of nitrogens with zero attached hydrogens (tertiary/aromatic N) is 1. The molecule has 0 saturated carbocycles. The molecule has 0 bridgehead atoms. The van der Waals surface area contributed by atoms with E-state index in [4.69, 9.17) is 5.11 Å². The van der Waals surface area contributed by atoms with Crippen LogP contribution in [0.15, 0.2) is 24.3 Å². The van der Waals surface area contributed by atoms with E-state index in [0.29, 0.717) is 5.56 Å². The van der Waals surface area contributed by atoms with Crippen molar-refractivity contribution in [1.29, 1.82) is 0 Å². The number of hydrogen-bond acceptors (Lipinski definition) is 2. The van der Waals surface area contributed by atoms with E-state index in [-0.39, 0.29) is 0 Å². The van der Waals surface area contributed by atoms with Gasteiger partial charge in [-0.25, -0.2) is 4.79 Å². The molecule has 1 aliphatic carbocycles. The normalized spacial score (nSPS) is 13.8. The maximum atomic E-state index is 10.8. The van der Waals surface area contributed by atoms with Crippen LogP contribution in [0.4, 0.5) is 0 Å². The Hall–Kier alpha value is -1.61. The highest BCUT2D eigenvalue weighted by molar-refractivity contribution is 5.89. The maximum Gasteiger partial charge on any atom is 0.335 e. The fraction of sp³-hybridized carbons (Fsp3) is 0.308. The van der Waals surface area contributed by atoms with Crippen LogP contribution in [0.3, 0.4) is 0 Å². The molecule has 0 radical (unpaired) electrons. The summed E-state index contributed by atoms with van der Waals surface area (Å²) in [5.74, 6) is -0.858. The average Bonchev–Trinajstić information content (AvgIpc) is 2.60. The third-order valence-corrected chi connectivity index (χ3v) is 2.75. The third-order valence-electron chi connectivity index (χ3n) is 2.75. The molecule has 0 aliphatic heterocycles. The first-order valence-corrected chi connectivity index (χ1v) is 5.28. The van der Waals surface area contributed by atoms with Crippen LogP contribution in [0.1, 0.15) is 21.5 Å². The van der Waals surface area contributed by atoms with Gasteiger partial charge < -0.3 is 10.0 Å². The number of allylic oxidation sites excluding steroid dienone is 1. The molecule has 0 saturated heterocycles. The standard InChI is InChI=1S/C13H15NO2/c1-14(2)8-11-4-3-9-7-10(13(15)16)5-6-12(9)11/h4-7H,3,8H2,1-2H3,(H,15,16). The van der Waals surface area contributed by atoms with E-state index in [0.717, 1.165) is 18.5 Å². The van der Waals surface area contributed by atoms with Crippen LogP contribution in [0, 0.1) is 0 Å². The van der Waals surface area contributed by atoms with Gasteiger partial charge in [-0.1, -0.05) is 12.1 Å². The van der Waals surface area contributed by atoms with E-state index in [1.165, 1.54) is 11.1 Å². The molecule has 2 rings (SSSR count). The van der Waals surface area contributed by atoms with E-state index >= 15 is 0 Å². The Kier molecular flexibility index (Phi) is 2.79. The van der Waals surface area contributed by atoms with Crippen molar-refractivity contribution >= 4 is 11.5 Å². The van der Waals surface area contributed by atoms with Gasteiger partial charge in [0, 0.05) is 6.54 Å². The van der Waals surface area contributed by atoms with Crippen molar-refractivity contribution in [2.45, 2.75) is 6.42 Å². The molecule has 3 nitrogen and oxygen atoms in total. The molecule has 0 spiro atoms. The van der Waals surface area contributed by atoms with Gasteiger partial charge in [-0.15, -0.1) is 0 Å². The van der Waals surface area contributed by atoms with Crippen LogP contribution in [0.2, 0.25) is 0 Å². The molecule has 1 aromatic carbocycles. The zero-order chi connectivity index (χ0) is 11.7. The molecule has 0 atom stereocenters. The van der Waals surface area contributed by atoms with E-state index < -0.39 is 5.97 Å². The van der Waals surface area contributed by atoms with E-state index in [9.17, 15) is 4.79 Å². The third kappa shape index (κ3) is 1.99. The summed E-state index contributed by atoms with van der Waals surface area (Å²) in [6.07, 6.45) is 3.02. The highest BCUT2D eigenvalue weighted by Crippen LogP contribution is 2.28. The molecule has 1 N–H and O–H groups in total. The van der Waals surface area contributed by atoms with Crippen LogP contribution in [0.25, 0.3) is 5.57 Å². The second kappa shape index (κ2) is 4.10. The Morgan fingerprint density at radius 2 is 2.19 bits per heavy atom. The predicted molar refractivity (Wildman–Crippen MR) is 63.6 cm³/mol. The quantitative estimate of drug-likeness (QED) is 0.840. The zero-order valence-corrected chi connectivity index (χ0v) is 9.53. The minimum Gasteiger partial charge on any atom is -0.478 e. The van der Waals surface area contributed by atoms with Crippen molar-refractivity contribution in [3.63, 3.8) is 0 Å². The molecule has 0 aromatic heterocycles. The Morgan fingerprint density at radius 3 is 2.81 bits per heavy atom. The lowest BCUT2D eigenvalue weighted by Crippen LogP contribution is -2.14. The number of likely N-dealkylation sites (N-methyl/N-ethyl adjacent to an activating group) is 1. The van der Waals surface area contributed by atoms with Gasteiger partial charge in [0.1, 0.15) is 0 Å². The summed E-state index contributed by atoms with van der Waals surface area (Å²) in [4.78, 5) is 13.0. The SMILES string of the molecule is CN(C)CC1=CCc2cc(C(=O)O)ccc21. The molecule has 16 heavy (non-hydrogen) atoms. The minimum absolute atomic E-state index is 0.373. The number of carbonyl (C=O) groups is 1. The number of hydrogen-bond donors (Lipinski definition) is 1. The van der Waals surface area contributed by atoms with Crippen molar-refractivity contribution in [2.24, 2.45) is 0 Å². The van der Waals surface area contributed by atoms with Crippen LogP contribution in [-0.2, 0) is 6.42 Å². The summed E-state index contributed by atoms with van der Waals surface area (Å²) in [5.41, 5.74) is 3.98. The number of carboxylic acids is 1. The first-order valence-electron chi connectivity index (χ1n) is 5.28. The lowest BCUT2D eigenvalue weighted by molar-refractivity contribution is 0.0697. The number of benzene rings is 1. The van der Waals surface area contributed by atoms with Crippen molar-refractivity contribution in [2.75, 3.05) is 20.6 Å². The van der Waals surface area contributed by atoms with Gasteiger partial charge >= 0.3 is 5.97 Å². The van der Waals surface area contributed by atoms with Gasteiger partial charge in [-0.2, -0.15) is 0 Å². The molecule has 0 amide bonds. The highest BCUT2D eigenvalue weighted by Gasteiger charge is 2.16. The van der Waals surface area contributed by atoms with Gasteiger partial charge in [0.2, 0.25) is 0 Å². The largest absolute Gasteiger partial charge is 0.478 e. The average molecular weight is 217 g/mol. The Bertz CT molecular complexity index is 461. The van der Waals surface area contributed by atoms with Gasteiger partial charge in [0.15, 0.2) is 0 Å². The molecule has 3 heteroatoms. The number of fused-ring (bicyclic) bond motifs is 1. The van der Waals surface area contributed by atoms with Crippen molar-refractivity contribution in [3.8, 4) is 0 Å². The first-order chi connectivity index (χ1) is 7.58. The van der Waals surface area contributed by atoms with Gasteiger partial charge in [0.05, 0.1) is 5.56 Å². The van der Waals surface area contributed by atoms with E-state index in [2.05, 4.69) is 11.0 Å². The number of carboxylic acid groups (broad SMARTS) is 1. The van der Waals surface area contributed by atoms with Crippen LogP contribution in [-0.4, -0.2) is 36.6 Å². The highest BCUT2D eigenvalue weighted by atomic mass is 16.4. The number of aromatic carboxylic acids is 1. The van der Waals surface area contributed by atoms with Crippen LogP contribution < -0.4 is 0 Å². The predicted octanol–water partition coefficient (Wildman–Crippen LogP) is 1.89. The maximum absolute atomic E-state index is 10.8. The fourth-order valence-electron chi connectivity index (χ4n) is 2.04. The van der Waals surface area contributed by atoms with Gasteiger partial charge in [-0.05, 0) is 49.3 Å². The summed E-state index contributed by atoms with van der Waals surface area (Å²) in [6.45, 7) is 0.902. The summed E-state index contributed by atoms with van der Waals surface area (Å²) >= 11 is 0. The Balaban J connectivity index is 2.29. The van der Waals surface area contributed by atoms with Crippen molar-refractivity contribution in [1.82, 2.24) is 4.90 Å². The smallest absolute Gasteiger partial charge is 0.335 e. The molecule has 1 aromatic rings. The lowest BCUT2D eigenvalue weighted by atomic mass is 10.0. The number of rotatable bonds is 3.